The molecule has 2 aromatic heterocycles. The van der Waals surface area contributed by atoms with Crippen LogP contribution in [0.3, 0.4) is 0 Å². The summed E-state index contributed by atoms with van der Waals surface area (Å²) >= 11 is 0. The van der Waals surface area contributed by atoms with Crippen LogP contribution in [0.15, 0.2) is 24.4 Å². The molecule has 4 rings (SSSR count). The van der Waals surface area contributed by atoms with Gasteiger partial charge in [0.15, 0.2) is 6.17 Å². The van der Waals surface area contributed by atoms with Crippen molar-refractivity contribution in [3.63, 3.8) is 0 Å². The number of aryl methyl sites for hydroxylation is 1. The second kappa shape index (κ2) is 8.83. The Hall–Kier alpha value is -2.94. The molecule has 0 radical (unpaired) electrons. The third kappa shape index (κ3) is 4.30. The fraction of sp³-hybridized carbons (Fsp3) is 0.476. The highest BCUT2D eigenvalue weighted by molar-refractivity contribution is 5.98. The van der Waals surface area contributed by atoms with Crippen LogP contribution in [-0.2, 0) is 11.3 Å². The van der Waals surface area contributed by atoms with Gasteiger partial charge < -0.3 is 24.4 Å². The van der Waals surface area contributed by atoms with E-state index in [0.29, 0.717) is 55.6 Å². The summed E-state index contributed by atoms with van der Waals surface area (Å²) in [5.74, 6) is 1.60. The van der Waals surface area contributed by atoms with E-state index >= 15 is 0 Å². The lowest BCUT2D eigenvalue weighted by Crippen LogP contribution is -2.47. The van der Waals surface area contributed by atoms with E-state index < -0.39 is 12.3 Å². The minimum absolute atomic E-state index is 0.105. The van der Waals surface area contributed by atoms with Crippen LogP contribution in [0, 0.1) is 6.92 Å². The van der Waals surface area contributed by atoms with Crippen LogP contribution in [0.1, 0.15) is 28.0 Å². The van der Waals surface area contributed by atoms with Crippen molar-refractivity contribution in [1.29, 1.82) is 0 Å². The van der Waals surface area contributed by atoms with Crippen molar-refractivity contribution in [2.24, 2.45) is 0 Å². The van der Waals surface area contributed by atoms with Crippen LogP contribution in [0.25, 0.3) is 0 Å². The predicted octanol–water partition coefficient (Wildman–Crippen LogP) is 2.05. The van der Waals surface area contributed by atoms with Crippen molar-refractivity contribution in [3.05, 3.63) is 41.2 Å². The molecule has 0 bridgehead atoms. The van der Waals surface area contributed by atoms with Crippen LogP contribution in [0.5, 0.6) is 11.6 Å². The van der Waals surface area contributed by atoms with E-state index in [2.05, 4.69) is 15.3 Å². The molecule has 2 aliphatic rings. The van der Waals surface area contributed by atoms with Crippen LogP contribution >= 0.6 is 0 Å². The molecule has 0 saturated carbocycles. The lowest BCUT2D eigenvalue weighted by molar-refractivity contribution is 0.0813. The summed E-state index contributed by atoms with van der Waals surface area (Å²) in [5, 5.41) is 2.77. The molecule has 0 aromatic carbocycles. The third-order valence-electron chi connectivity index (χ3n) is 5.24. The van der Waals surface area contributed by atoms with E-state index in [9.17, 15) is 9.18 Å². The second-order valence-corrected chi connectivity index (χ2v) is 7.39. The predicted molar refractivity (Wildman–Crippen MR) is 108 cm³/mol. The van der Waals surface area contributed by atoms with Crippen molar-refractivity contribution in [3.8, 4) is 11.6 Å². The first-order valence-corrected chi connectivity index (χ1v) is 9.97. The number of methoxy groups -OCH3 is 1. The van der Waals surface area contributed by atoms with E-state index in [1.165, 1.54) is 6.20 Å². The smallest absolute Gasteiger partial charge is 0.253 e. The number of aromatic nitrogens is 2. The Bertz CT molecular complexity index is 909. The Balaban J connectivity index is 1.36. The quantitative estimate of drug-likeness (QED) is 0.692. The number of amides is 1. The van der Waals surface area contributed by atoms with Gasteiger partial charge in [0.2, 0.25) is 5.88 Å². The zero-order chi connectivity index (χ0) is 21.1. The molecule has 2 atom stereocenters. The number of pyridine rings is 2. The Morgan fingerprint density at radius 3 is 2.93 bits per heavy atom. The molecule has 9 heteroatoms. The molecule has 8 nitrogen and oxygen atoms in total. The van der Waals surface area contributed by atoms with Gasteiger partial charge >= 0.3 is 0 Å². The second-order valence-electron chi connectivity index (χ2n) is 7.39. The van der Waals surface area contributed by atoms with Gasteiger partial charge in [0.1, 0.15) is 24.3 Å². The summed E-state index contributed by atoms with van der Waals surface area (Å²) in [6.07, 6.45) is 0.326. The number of alkyl halides is 1. The van der Waals surface area contributed by atoms with Crippen molar-refractivity contribution < 1.29 is 23.4 Å². The fourth-order valence-electron chi connectivity index (χ4n) is 3.69. The molecular formula is C21H25FN4O4. The minimum Gasteiger partial charge on any atom is -0.486 e. The van der Waals surface area contributed by atoms with Gasteiger partial charge in [-0.1, -0.05) is 0 Å². The monoisotopic (exact) mass is 416 g/mol. The first-order valence-electron chi connectivity index (χ1n) is 9.97. The summed E-state index contributed by atoms with van der Waals surface area (Å²) < 4.78 is 31.1. The molecule has 1 amide bonds. The topological polar surface area (TPSA) is 85.8 Å². The largest absolute Gasteiger partial charge is 0.486 e. The Labute approximate surface area is 174 Å². The van der Waals surface area contributed by atoms with Crippen LogP contribution in [-0.4, -0.2) is 61.6 Å². The molecule has 1 N–H and O–H groups in total. The van der Waals surface area contributed by atoms with Gasteiger partial charge in [-0.15, -0.1) is 0 Å². The first kappa shape index (κ1) is 20.3. The first-order chi connectivity index (χ1) is 14.5. The number of hydrogen-bond donors (Lipinski definition) is 1. The average Bonchev–Trinajstić information content (AvgIpc) is 3.10. The van der Waals surface area contributed by atoms with E-state index in [4.69, 9.17) is 14.2 Å². The number of halogens is 1. The van der Waals surface area contributed by atoms with Crippen LogP contribution < -0.4 is 19.7 Å². The van der Waals surface area contributed by atoms with Gasteiger partial charge in [-0.2, -0.15) is 0 Å². The number of piperidine rings is 1. The normalized spacial score (nSPS) is 20.6. The van der Waals surface area contributed by atoms with E-state index in [0.717, 1.165) is 11.4 Å². The number of carbonyl (C=O) groups is 1. The molecule has 160 valence electrons. The number of fused-ring (bicyclic) bond motifs is 1. The molecule has 4 heterocycles. The maximum atomic E-state index is 14.9. The summed E-state index contributed by atoms with van der Waals surface area (Å²) in [6, 6.07) is 5.25. The maximum absolute atomic E-state index is 14.9. The number of nitrogens with zero attached hydrogens (tertiary/aromatic N) is 3. The lowest BCUT2D eigenvalue weighted by Gasteiger charge is -2.36. The third-order valence-corrected chi connectivity index (χ3v) is 5.24. The molecular weight excluding hydrogens is 391 g/mol. The van der Waals surface area contributed by atoms with Gasteiger partial charge in [0.25, 0.3) is 5.91 Å². The Morgan fingerprint density at radius 1 is 1.33 bits per heavy atom. The standard InChI is InChI=1S/C21H25FN4O4/c1-13-9-15-17(11-24-21(15)27)25-20(13)26-6-5-18(16(22)12-26)30-14-3-4-19(23-10-14)29-8-7-28-2/h3-4,9-10,16,18H,5-8,11-12H2,1-2H3,(H,24,27)/t16-,18-/m1/s1. The van der Waals surface area contributed by atoms with Crippen molar-refractivity contribution in [2.75, 3.05) is 38.3 Å². The molecule has 2 aliphatic heterocycles. The van der Waals surface area contributed by atoms with Gasteiger partial charge in [0, 0.05) is 26.1 Å². The SMILES string of the molecule is COCCOc1ccc(O[C@@H]2CCN(c3nc4c(cc3C)C(=O)NC4)C[C@H]2F)cn1. The van der Waals surface area contributed by atoms with E-state index in [1.807, 2.05) is 17.9 Å². The summed E-state index contributed by atoms with van der Waals surface area (Å²) in [7, 11) is 1.60. The highest BCUT2D eigenvalue weighted by atomic mass is 19.1. The minimum atomic E-state index is -1.18. The van der Waals surface area contributed by atoms with Crippen LogP contribution in [0.4, 0.5) is 10.2 Å². The zero-order valence-electron chi connectivity index (χ0n) is 17.1. The number of hydrogen-bond acceptors (Lipinski definition) is 7. The number of anilines is 1. The summed E-state index contributed by atoms with van der Waals surface area (Å²) in [6.45, 7) is 4.00. The van der Waals surface area contributed by atoms with Gasteiger partial charge in [0.05, 0.1) is 37.2 Å². The van der Waals surface area contributed by atoms with Gasteiger partial charge in [-0.05, 0) is 24.6 Å². The summed E-state index contributed by atoms with van der Waals surface area (Å²) in [5.41, 5.74) is 2.19. The molecule has 30 heavy (non-hydrogen) atoms. The van der Waals surface area contributed by atoms with E-state index in [1.54, 1.807) is 19.2 Å². The van der Waals surface area contributed by atoms with E-state index in [-0.39, 0.29) is 12.5 Å². The Kier molecular flexibility index (Phi) is 5.98. The molecule has 0 unspecified atom stereocenters. The average molecular weight is 416 g/mol. The highest BCUT2D eigenvalue weighted by Gasteiger charge is 2.33. The number of nitrogens with one attached hydrogen (secondary N) is 1. The Morgan fingerprint density at radius 2 is 2.20 bits per heavy atom. The molecule has 1 fully saturated rings. The zero-order valence-corrected chi connectivity index (χ0v) is 17.1. The number of ether oxygens (including phenoxy) is 3. The maximum Gasteiger partial charge on any atom is 0.253 e. The van der Waals surface area contributed by atoms with Gasteiger partial charge in [-0.3, -0.25) is 4.79 Å². The van der Waals surface area contributed by atoms with Crippen molar-refractivity contribution in [1.82, 2.24) is 15.3 Å². The van der Waals surface area contributed by atoms with Crippen molar-refractivity contribution >= 4 is 11.7 Å². The molecule has 0 aliphatic carbocycles. The van der Waals surface area contributed by atoms with Crippen LogP contribution in [0.2, 0.25) is 0 Å². The highest BCUT2D eigenvalue weighted by Crippen LogP contribution is 2.28. The molecule has 2 aromatic rings. The molecule has 0 spiro atoms. The van der Waals surface area contributed by atoms with Crippen molar-refractivity contribution in [2.45, 2.75) is 32.2 Å². The lowest BCUT2D eigenvalue weighted by atomic mass is 10.0. The fourth-order valence-corrected chi connectivity index (χ4v) is 3.69. The summed E-state index contributed by atoms with van der Waals surface area (Å²) in [4.78, 5) is 22.5. The van der Waals surface area contributed by atoms with Gasteiger partial charge in [-0.25, -0.2) is 14.4 Å². The molecule has 1 saturated heterocycles. The number of rotatable bonds is 7. The number of carbonyl (C=O) groups excluding carboxylic acids is 1.